The summed E-state index contributed by atoms with van der Waals surface area (Å²) in [6, 6.07) is 9.66. The van der Waals surface area contributed by atoms with Crippen LogP contribution >= 0.6 is 0 Å². The monoisotopic (exact) mass is 306 g/mol. The van der Waals surface area contributed by atoms with Crippen molar-refractivity contribution in [2.45, 2.75) is 18.5 Å². The summed E-state index contributed by atoms with van der Waals surface area (Å²) in [7, 11) is 1.57. The van der Waals surface area contributed by atoms with E-state index in [-0.39, 0.29) is 30.4 Å². The van der Waals surface area contributed by atoms with Gasteiger partial charge in [0.05, 0.1) is 13.2 Å². The van der Waals surface area contributed by atoms with Crippen LogP contribution in [0.4, 0.5) is 0 Å². The van der Waals surface area contributed by atoms with Crippen molar-refractivity contribution in [1.82, 2.24) is 21.5 Å². The molecule has 0 bridgehead atoms. The van der Waals surface area contributed by atoms with E-state index in [1.54, 1.807) is 7.11 Å². The second-order valence-corrected chi connectivity index (χ2v) is 5.10. The number of carbonyl (C=O) groups excluding carboxylic acids is 2. The highest BCUT2D eigenvalue weighted by molar-refractivity contribution is 5.87. The van der Waals surface area contributed by atoms with Crippen LogP contribution in [0.15, 0.2) is 30.3 Å². The summed E-state index contributed by atoms with van der Waals surface area (Å²) in [6.45, 7) is 0.855. The average Bonchev–Trinajstić information content (AvgIpc) is 3.04. The Balaban J connectivity index is 1.72. The molecule has 2 amide bonds. The molecular formula is C15H22N4O3. The third-order valence-corrected chi connectivity index (χ3v) is 3.47. The lowest BCUT2D eigenvalue weighted by molar-refractivity contribution is -0.127. The number of methoxy groups -OCH3 is 1. The molecule has 120 valence electrons. The third kappa shape index (κ3) is 4.80. The fourth-order valence-corrected chi connectivity index (χ4v) is 2.28. The first kappa shape index (κ1) is 16.4. The van der Waals surface area contributed by atoms with Crippen LogP contribution in [0.25, 0.3) is 0 Å². The standard InChI is InChI=1S/C15H22N4O3/c1-22-8-7-16-14(20)10-17-15(21)13-9-12(18-19-13)11-5-3-2-4-6-11/h2-6,12-13,18-19H,7-10H2,1H3,(H,16,20)(H,17,21). The number of hydrogen-bond acceptors (Lipinski definition) is 5. The molecule has 1 aromatic rings. The Bertz CT molecular complexity index is 495. The highest BCUT2D eigenvalue weighted by atomic mass is 16.5. The zero-order chi connectivity index (χ0) is 15.8. The van der Waals surface area contributed by atoms with Crippen LogP contribution in [0, 0.1) is 0 Å². The SMILES string of the molecule is COCCNC(=O)CNC(=O)C1CC(c2ccccc2)NN1. The van der Waals surface area contributed by atoms with Crippen molar-refractivity contribution < 1.29 is 14.3 Å². The normalized spacial score (nSPS) is 20.6. The number of nitrogens with one attached hydrogen (secondary N) is 4. The van der Waals surface area contributed by atoms with Crippen LogP contribution in [-0.4, -0.2) is 44.7 Å². The summed E-state index contributed by atoms with van der Waals surface area (Å²) in [5.74, 6) is -0.413. The highest BCUT2D eigenvalue weighted by Crippen LogP contribution is 2.21. The summed E-state index contributed by atoms with van der Waals surface area (Å²) in [6.07, 6.45) is 0.640. The Kier molecular flexibility index (Phi) is 6.32. The molecular weight excluding hydrogens is 284 g/mol. The van der Waals surface area contributed by atoms with Gasteiger partial charge < -0.3 is 15.4 Å². The summed E-state index contributed by atoms with van der Waals surface area (Å²) >= 11 is 0. The predicted octanol–water partition coefficient (Wildman–Crippen LogP) is -0.527. The minimum atomic E-state index is -0.350. The number of benzene rings is 1. The first-order valence-corrected chi connectivity index (χ1v) is 7.30. The second-order valence-electron chi connectivity index (χ2n) is 5.10. The van der Waals surface area contributed by atoms with Crippen LogP contribution in [0.2, 0.25) is 0 Å². The molecule has 4 N–H and O–H groups in total. The third-order valence-electron chi connectivity index (χ3n) is 3.47. The van der Waals surface area contributed by atoms with Gasteiger partial charge in [-0.1, -0.05) is 30.3 Å². The van der Waals surface area contributed by atoms with Crippen LogP contribution < -0.4 is 21.5 Å². The molecule has 7 heteroatoms. The predicted molar refractivity (Wildman–Crippen MR) is 81.8 cm³/mol. The topological polar surface area (TPSA) is 91.5 Å². The molecule has 2 rings (SSSR count). The van der Waals surface area contributed by atoms with E-state index in [0.29, 0.717) is 19.6 Å². The van der Waals surface area contributed by atoms with Gasteiger partial charge in [-0.3, -0.25) is 9.59 Å². The molecule has 7 nitrogen and oxygen atoms in total. The fraction of sp³-hybridized carbons (Fsp3) is 0.467. The van der Waals surface area contributed by atoms with Crippen molar-refractivity contribution in [1.29, 1.82) is 0 Å². The molecule has 1 aromatic carbocycles. The van der Waals surface area contributed by atoms with E-state index in [9.17, 15) is 9.59 Å². The zero-order valence-corrected chi connectivity index (χ0v) is 12.6. The summed E-state index contributed by atoms with van der Waals surface area (Å²) in [4.78, 5) is 23.5. The Morgan fingerprint density at radius 3 is 2.73 bits per heavy atom. The van der Waals surface area contributed by atoms with Crippen molar-refractivity contribution >= 4 is 11.8 Å². The van der Waals surface area contributed by atoms with Crippen LogP contribution in [-0.2, 0) is 14.3 Å². The van der Waals surface area contributed by atoms with E-state index in [0.717, 1.165) is 5.56 Å². The van der Waals surface area contributed by atoms with Gasteiger partial charge in [0, 0.05) is 19.7 Å². The van der Waals surface area contributed by atoms with Crippen LogP contribution in [0.5, 0.6) is 0 Å². The first-order valence-electron chi connectivity index (χ1n) is 7.30. The zero-order valence-electron chi connectivity index (χ0n) is 12.6. The summed E-state index contributed by atoms with van der Waals surface area (Å²) < 4.78 is 4.83. The number of carbonyl (C=O) groups is 2. The molecule has 1 aliphatic heterocycles. The van der Waals surface area contributed by atoms with Crippen molar-refractivity contribution in [3.63, 3.8) is 0 Å². The molecule has 1 heterocycles. The van der Waals surface area contributed by atoms with E-state index in [2.05, 4.69) is 21.5 Å². The van der Waals surface area contributed by atoms with Gasteiger partial charge in [-0.15, -0.1) is 0 Å². The molecule has 0 aliphatic carbocycles. The van der Waals surface area contributed by atoms with Crippen LogP contribution in [0.3, 0.4) is 0 Å². The van der Waals surface area contributed by atoms with Crippen molar-refractivity contribution in [3.8, 4) is 0 Å². The highest BCUT2D eigenvalue weighted by Gasteiger charge is 2.29. The molecule has 2 atom stereocenters. The van der Waals surface area contributed by atoms with Gasteiger partial charge in [0.1, 0.15) is 6.04 Å². The average molecular weight is 306 g/mol. The molecule has 1 aliphatic rings. The first-order chi connectivity index (χ1) is 10.7. The van der Waals surface area contributed by atoms with Gasteiger partial charge in [0.25, 0.3) is 0 Å². The lowest BCUT2D eigenvalue weighted by Gasteiger charge is -2.11. The lowest BCUT2D eigenvalue weighted by atomic mass is 10.0. The van der Waals surface area contributed by atoms with Gasteiger partial charge in [0.2, 0.25) is 11.8 Å². The maximum absolute atomic E-state index is 12.0. The van der Waals surface area contributed by atoms with Crippen molar-refractivity contribution in [3.05, 3.63) is 35.9 Å². The molecule has 0 spiro atoms. The van der Waals surface area contributed by atoms with Crippen molar-refractivity contribution in [2.24, 2.45) is 0 Å². The van der Waals surface area contributed by atoms with Gasteiger partial charge in [0.15, 0.2) is 0 Å². The van der Waals surface area contributed by atoms with Gasteiger partial charge in [-0.25, -0.2) is 10.9 Å². The number of hydrogen-bond donors (Lipinski definition) is 4. The Morgan fingerprint density at radius 1 is 1.23 bits per heavy atom. The number of amides is 2. The quantitative estimate of drug-likeness (QED) is 0.509. The molecule has 0 saturated carbocycles. The van der Waals surface area contributed by atoms with Gasteiger partial charge in [-0.05, 0) is 12.0 Å². The smallest absolute Gasteiger partial charge is 0.239 e. The fourth-order valence-electron chi connectivity index (χ4n) is 2.28. The number of rotatable bonds is 7. The van der Waals surface area contributed by atoms with E-state index < -0.39 is 0 Å². The van der Waals surface area contributed by atoms with E-state index >= 15 is 0 Å². The maximum atomic E-state index is 12.0. The molecule has 2 unspecified atom stereocenters. The summed E-state index contributed by atoms with van der Waals surface area (Å²) in [5.41, 5.74) is 7.20. The Hall–Kier alpha value is -1.96. The van der Waals surface area contributed by atoms with E-state index in [1.165, 1.54) is 0 Å². The molecule has 1 saturated heterocycles. The lowest BCUT2D eigenvalue weighted by Crippen LogP contribution is -2.46. The molecule has 1 fully saturated rings. The molecule has 0 radical (unpaired) electrons. The van der Waals surface area contributed by atoms with Crippen molar-refractivity contribution in [2.75, 3.05) is 26.8 Å². The Labute approximate surface area is 129 Å². The van der Waals surface area contributed by atoms with Gasteiger partial charge in [-0.2, -0.15) is 0 Å². The van der Waals surface area contributed by atoms with Gasteiger partial charge >= 0.3 is 0 Å². The van der Waals surface area contributed by atoms with E-state index in [1.807, 2.05) is 30.3 Å². The minimum Gasteiger partial charge on any atom is -0.383 e. The maximum Gasteiger partial charge on any atom is 0.239 e. The number of ether oxygens (including phenoxy) is 1. The molecule has 22 heavy (non-hydrogen) atoms. The minimum absolute atomic E-state index is 0.0310. The van der Waals surface area contributed by atoms with Crippen LogP contribution in [0.1, 0.15) is 18.0 Å². The summed E-state index contributed by atoms with van der Waals surface area (Å²) in [5, 5.41) is 5.28. The number of hydrazine groups is 1. The second kappa shape index (κ2) is 8.47. The Morgan fingerprint density at radius 2 is 2.00 bits per heavy atom. The molecule has 0 aromatic heterocycles. The van der Waals surface area contributed by atoms with E-state index in [4.69, 9.17) is 4.74 Å². The largest absolute Gasteiger partial charge is 0.383 e.